The molecule has 0 fully saturated rings. The number of rotatable bonds is 4. The second-order valence-electron chi connectivity index (χ2n) is 6.03. The summed E-state index contributed by atoms with van der Waals surface area (Å²) in [6, 6.07) is -0.0898. The molecule has 0 bridgehead atoms. The molecule has 0 aliphatic rings. The van der Waals surface area contributed by atoms with Crippen LogP contribution >= 0.6 is 0 Å². The number of nitrogens with two attached hydrogens (primary N) is 1. The van der Waals surface area contributed by atoms with Gasteiger partial charge in [-0.05, 0) is 41.5 Å². The van der Waals surface area contributed by atoms with Crippen LogP contribution in [0.3, 0.4) is 0 Å². The van der Waals surface area contributed by atoms with Gasteiger partial charge in [-0.3, -0.25) is 4.68 Å². The number of hydrogen-bond acceptors (Lipinski definition) is 4. The third-order valence-corrected chi connectivity index (χ3v) is 5.98. The number of hydrogen-bond donors (Lipinski definition) is 1. The van der Waals surface area contributed by atoms with E-state index in [1.807, 2.05) is 20.8 Å². The van der Waals surface area contributed by atoms with Crippen molar-refractivity contribution in [1.29, 1.82) is 0 Å². The molecule has 1 aromatic rings. The van der Waals surface area contributed by atoms with Gasteiger partial charge in [0.05, 0.1) is 22.7 Å². The zero-order chi connectivity index (χ0) is 15.0. The van der Waals surface area contributed by atoms with E-state index in [4.69, 9.17) is 5.73 Å². The maximum absolute atomic E-state index is 12.1. The standard InChI is InChI=1S/C13H25N3O2S/c1-9(14)12-10(2)15-16(11(12)3)7-8-19(17,18)13(4,5)6/h9H,7-8,14H2,1-6H3. The molecule has 0 spiro atoms. The summed E-state index contributed by atoms with van der Waals surface area (Å²) in [5.74, 6) is 0.0941. The first-order valence-electron chi connectivity index (χ1n) is 6.49. The maximum atomic E-state index is 12.1. The quantitative estimate of drug-likeness (QED) is 0.915. The molecule has 0 radical (unpaired) electrons. The van der Waals surface area contributed by atoms with E-state index in [0.29, 0.717) is 6.54 Å². The van der Waals surface area contributed by atoms with Gasteiger partial charge in [0.1, 0.15) is 0 Å². The lowest BCUT2D eigenvalue weighted by atomic mass is 10.1. The first-order chi connectivity index (χ1) is 8.47. The summed E-state index contributed by atoms with van der Waals surface area (Å²) in [5, 5.41) is 4.39. The Morgan fingerprint density at radius 2 is 1.84 bits per heavy atom. The van der Waals surface area contributed by atoms with Crippen molar-refractivity contribution in [3.8, 4) is 0 Å². The van der Waals surface area contributed by atoms with Crippen LogP contribution in [0, 0.1) is 13.8 Å². The summed E-state index contributed by atoms with van der Waals surface area (Å²) >= 11 is 0. The van der Waals surface area contributed by atoms with Gasteiger partial charge in [0.2, 0.25) is 0 Å². The van der Waals surface area contributed by atoms with Crippen LogP contribution in [-0.2, 0) is 16.4 Å². The normalized spacial score (nSPS) is 14.7. The zero-order valence-electron chi connectivity index (χ0n) is 12.7. The third kappa shape index (κ3) is 3.36. The highest BCUT2D eigenvalue weighted by molar-refractivity contribution is 7.92. The average Bonchev–Trinajstić information content (AvgIpc) is 2.49. The molecular weight excluding hydrogens is 262 g/mol. The molecule has 1 heterocycles. The molecule has 1 aromatic heterocycles. The molecular formula is C13H25N3O2S. The Labute approximate surface area is 116 Å². The molecule has 5 nitrogen and oxygen atoms in total. The van der Waals surface area contributed by atoms with E-state index in [-0.39, 0.29) is 11.8 Å². The van der Waals surface area contributed by atoms with Crippen molar-refractivity contribution in [3.05, 3.63) is 17.0 Å². The molecule has 1 unspecified atom stereocenters. The molecule has 1 atom stereocenters. The lowest BCUT2D eigenvalue weighted by Gasteiger charge is -2.19. The van der Waals surface area contributed by atoms with Gasteiger partial charge >= 0.3 is 0 Å². The maximum Gasteiger partial charge on any atom is 0.157 e. The Balaban J connectivity index is 2.95. The van der Waals surface area contributed by atoms with Crippen LogP contribution in [0.15, 0.2) is 0 Å². The van der Waals surface area contributed by atoms with Gasteiger partial charge < -0.3 is 5.73 Å². The molecule has 110 valence electrons. The van der Waals surface area contributed by atoms with Crippen LogP contribution in [0.4, 0.5) is 0 Å². The molecule has 2 N–H and O–H groups in total. The van der Waals surface area contributed by atoms with Crippen LogP contribution in [0.1, 0.15) is 50.7 Å². The third-order valence-electron chi connectivity index (χ3n) is 3.40. The molecule has 0 aliphatic carbocycles. The molecule has 0 aliphatic heterocycles. The molecule has 1 rings (SSSR count). The smallest absolute Gasteiger partial charge is 0.157 e. The van der Waals surface area contributed by atoms with E-state index in [9.17, 15) is 8.42 Å². The second-order valence-corrected chi connectivity index (χ2v) is 8.89. The summed E-state index contributed by atoms with van der Waals surface area (Å²) in [6.45, 7) is 11.3. The Kier molecular flexibility index (Phi) is 4.47. The second kappa shape index (κ2) is 5.25. The minimum absolute atomic E-state index is 0.0898. The molecule has 6 heteroatoms. The van der Waals surface area contributed by atoms with Gasteiger partial charge in [0, 0.05) is 17.3 Å². The molecule has 0 amide bonds. The largest absolute Gasteiger partial charge is 0.324 e. The molecule has 0 saturated heterocycles. The van der Waals surface area contributed by atoms with Gasteiger partial charge in [-0.15, -0.1) is 0 Å². The Morgan fingerprint density at radius 1 is 1.32 bits per heavy atom. The minimum Gasteiger partial charge on any atom is -0.324 e. The van der Waals surface area contributed by atoms with Gasteiger partial charge in [-0.2, -0.15) is 5.10 Å². The fourth-order valence-corrected chi connectivity index (χ4v) is 3.13. The van der Waals surface area contributed by atoms with Gasteiger partial charge in [-0.1, -0.05) is 0 Å². The van der Waals surface area contributed by atoms with Gasteiger partial charge in [0.15, 0.2) is 9.84 Å². The predicted molar refractivity (Wildman–Crippen MR) is 77.8 cm³/mol. The van der Waals surface area contributed by atoms with E-state index in [1.54, 1.807) is 25.5 Å². The monoisotopic (exact) mass is 287 g/mol. The lowest BCUT2D eigenvalue weighted by Crippen LogP contribution is -2.32. The minimum atomic E-state index is -3.13. The highest BCUT2D eigenvalue weighted by Gasteiger charge is 2.29. The molecule has 19 heavy (non-hydrogen) atoms. The SMILES string of the molecule is Cc1nn(CCS(=O)(=O)C(C)(C)C)c(C)c1C(C)N. The number of nitrogens with zero attached hydrogens (tertiary/aromatic N) is 2. The molecule has 0 aromatic carbocycles. The van der Waals surface area contributed by atoms with Crippen molar-refractivity contribution >= 4 is 9.84 Å². The van der Waals surface area contributed by atoms with Crippen LogP contribution < -0.4 is 5.73 Å². The van der Waals surface area contributed by atoms with Crippen LogP contribution in [0.2, 0.25) is 0 Å². The van der Waals surface area contributed by atoms with Gasteiger partial charge in [-0.25, -0.2) is 8.42 Å². The Bertz CT molecular complexity index is 551. The fraction of sp³-hybridized carbons (Fsp3) is 0.769. The number of aromatic nitrogens is 2. The van der Waals surface area contributed by atoms with Gasteiger partial charge in [0.25, 0.3) is 0 Å². The topological polar surface area (TPSA) is 78.0 Å². The number of sulfone groups is 1. The summed E-state index contributed by atoms with van der Waals surface area (Å²) in [4.78, 5) is 0. The lowest BCUT2D eigenvalue weighted by molar-refractivity contribution is 0.545. The zero-order valence-corrected chi connectivity index (χ0v) is 13.5. The predicted octanol–water partition coefficient (Wildman–Crippen LogP) is 1.73. The summed E-state index contributed by atoms with van der Waals surface area (Å²) in [6.07, 6.45) is 0. The Hall–Kier alpha value is -0.880. The van der Waals surface area contributed by atoms with Crippen molar-refractivity contribution in [3.63, 3.8) is 0 Å². The first kappa shape index (κ1) is 16.2. The number of aryl methyl sites for hydroxylation is 2. The fourth-order valence-electron chi connectivity index (χ4n) is 2.10. The van der Waals surface area contributed by atoms with E-state index in [0.717, 1.165) is 17.0 Å². The van der Waals surface area contributed by atoms with Crippen molar-refractivity contribution in [1.82, 2.24) is 9.78 Å². The average molecular weight is 287 g/mol. The first-order valence-corrected chi connectivity index (χ1v) is 8.14. The summed E-state index contributed by atoms with van der Waals surface area (Å²) in [7, 11) is -3.13. The van der Waals surface area contributed by atoms with E-state index < -0.39 is 14.6 Å². The van der Waals surface area contributed by atoms with E-state index in [1.165, 1.54) is 0 Å². The van der Waals surface area contributed by atoms with Crippen LogP contribution in [0.5, 0.6) is 0 Å². The summed E-state index contributed by atoms with van der Waals surface area (Å²) in [5.41, 5.74) is 8.75. The van der Waals surface area contributed by atoms with Crippen molar-refractivity contribution in [2.75, 3.05) is 5.75 Å². The van der Waals surface area contributed by atoms with Crippen LogP contribution in [0.25, 0.3) is 0 Å². The van der Waals surface area contributed by atoms with Crippen LogP contribution in [-0.4, -0.2) is 28.7 Å². The van der Waals surface area contributed by atoms with Crippen molar-refractivity contribution in [2.45, 2.75) is 58.9 Å². The highest BCUT2D eigenvalue weighted by Crippen LogP contribution is 2.21. The Morgan fingerprint density at radius 3 is 2.21 bits per heavy atom. The van der Waals surface area contributed by atoms with Crippen molar-refractivity contribution in [2.24, 2.45) is 5.73 Å². The van der Waals surface area contributed by atoms with E-state index >= 15 is 0 Å². The van der Waals surface area contributed by atoms with Crippen molar-refractivity contribution < 1.29 is 8.42 Å². The van der Waals surface area contributed by atoms with E-state index in [2.05, 4.69) is 5.10 Å². The molecule has 0 saturated carbocycles. The highest BCUT2D eigenvalue weighted by atomic mass is 32.2. The summed E-state index contributed by atoms with van der Waals surface area (Å²) < 4.78 is 25.2.